The van der Waals surface area contributed by atoms with Crippen molar-refractivity contribution in [1.29, 1.82) is 0 Å². The van der Waals surface area contributed by atoms with Crippen LogP contribution in [0.3, 0.4) is 0 Å². The van der Waals surface area contributed by atoms with Gasteiger partial charge in [-0.1, -0.05) is 101 Å². The van der Waals surface area contributed by atoms with Crippen LogP contribution in [0.25, 0.3) is 0 Å². The molecule has 0 aliphatic rings. The van der Waals surface area contributed by atoms with Gasteiger partial charge in [0.1, 0.15) is 30.0 Å². The third-order valence-corrected chi connectivity index (χ3v) is 12.2. The monoisotopic (exact) mass is 991 g/mol. The number of rotatable bonds is 38. The highest BCUT2D eigenvalue weighted by molar-refractivity contribution is 5.84. The number of carboxylic acid groups (broad SMARTS) is 4. The lowest BCUT2D eigenvalue weighted by Gasteiger charge is -2.28. The van der Waals surface area contributed by atoms with Crippen LogP contribution in [0.5, 0.6) is 0 Å². The van der Waals surface area contributed by atoms with Gasteiger partial charge in [-0.25, -0.2) is 14.4 Å². The van der Waals surface area contributed by atoms with Crippen LogP contribution in [0, 0.1) is 35.5 Å². The molecular formula is C54H86O16. The fraction of sp³-hybridized carbons (Fsp3) is 0.667. The summed E-state index contributed by atoms with van der Waals surface area (Å²) in [5.41, 5.74) is 4.81. The van der Waals surface area contributed by atoms with E-state index < -0.39 is 91.7 Å². The van der Waals surface area contributed by atoms with Crippen LogP contribution >= 0.6 is 0 Å². The first-order valence-electron chi connectivity index (χ1n) is 24.7. The second kappa shape index (κ2) is 36.1. The molecule has 0 aliphatic heterocycles. The fourth-order valence-corrected chi connectivity index (χ4v) is 8.89. The maximum absolute atomic E-state index is 13.9. The Kier molecular flexibility index (Phi) is 33.6. The van der Waals surface area contributed by atoms with Gasteiger partial charge >= 0.3 is 35.8 Å². The molecule has 0 fully saturated rings. The predicted octanol–water partition coefficient (Wildman–Crippen LogP) is 8.77. The molecule has 398 valence electrons. The van der Waals surface area contributed by atoms with Crippen molar-refractivity contribution in [1.82, 2.24) is 0 Å². The van der Waals surface area contributed by atoms with E-state index in [9.17, 15) is 54.3 Å². The van der Waals surface area contributed by atoms with Gasteiger partial charge in [-0.3, -0.25) is 14.4 Å². The summed E-state index contributed by atoms with van der Waals surface area (Å²) in [6, 6.07) is 0. The molecule has 0 radical (unpaired) electrons. The van der Waals surface area contributed by atoms with Crippen LogP contribution in [0.1, 0.15) is 159 Å². The van der Waals surface area contributed by atoms with Crippen molar-refractivity contribution in [3.63, 3.8) is 0 Å². The summed E-state index contributed by atoms with van der Waals surface area (Å²) in [6.07, 6.45) is 14.1. The average Bonchev–Trinajstić information content (AvgIpc) is 3.21. The quantitative estimate of drug-likeness (QED) is 0.0124. The third-order valence-electron chi connectivity index (χ3n) is 12.2. The Morgan fingerprint density at radius 1 is 0.429 bits per heavy atom. The largest absolute Gasteiger partial charge is 0.481 e. The molecule has 0 heterocycles. The Hall–Kier alpha value is -4.90. The summed E-state index contributed by atoms with van der Waals surface area (Å²) < 4.78 is 11.7. The highest BCUT2D eigenvalue weighted by Gasteiger charge is 2.37. The normalized spacial score (nSPS) is 17.1. The molecule has 0 saturated carbocycles. The first kappa shape index (κ1) is 65.1. The van der Waals surface area contributed by atoms with E-state index in [0.717, 1.165) is 54.6 Å². The topological polar surface area (TPSA) is 283 Å². The molecule has 70 heavy (non-hydrogen) atoms. The molecule has 0 aromatic heterocycles. The number of carboxylic acids is 4. The number of esters is 2. The number of unbranched alkanes of at least 4 members (excludes halogenated alkanes) is 3. The van der Waals surface area contributed by atoms with Gasteiger partial charge in [-0.2, -0.15) is 0 Å². The summed E-state index contributed by atoms with van der Waals surface area (Å²) >= 11 is 0. The molecule has 0 saturated heterocycles. The maximum Gasteiger partial charge on any atom is 0.331 e. The molecule has 0 aromatic carbocycles. The van der Waals surface area contributed by atoms with E-state index in [1.165, 1.54) is 6.08 Å². The molecule has 9 unspecified atom stereocenters. The maximum atomic E-state index is 13.9. The Morgan fingerprint density at radius 2 is 0.757 bits per heavy atom. The zero-order chi connectivity index (χ0) is 53.5. The number of aliphatic hydroxyl groups excluding tert-OH is 4. The van der Waals surface area contributed by atoms with Gasteiger partial charge in [0.05, 0.1) is 25.9 Å². The lowest BCUT2D eigenvalue weighted by atomic mass is 9.92. The zero-order valence-electron chi connectivity index (χ0n) is 43.2. The number of aliphatic hydroxyl groups is 4. The van der Waals surface area contributed by atoms with Gasteiger partial charge in [0.2, 0.25) is 0 Å². The number of ether oxygens (including phenoxy) is 2. The smallest absolute Gasteiger partial charge is 0.331 e. The average molecular weight is 991 g/mol. The number of allylic oxidation sites excluding steroid dienone is 9. The molecular weight excluding hydrogens is 905 g/mol. The lowest BCUT2D eigenvalue weighted by molar-refractivity contribution is -0.172. The van der Waals surface area contributed by atoms with Crippen molar-refractivity contribution in [2.75, 3.05) is 19.8 Å². The first-order chi connectivity index (χ1) is 32.8. The summed E-state index contributed by atoms with van der Waals surface area (Å²) in [7, 11) is 0. The summed E-state index contributed by atoms with van der Waals surface area (Å²) in [5, 5.41) is 77.3. The van der Waals surface area contributed by atoms with Crippen LogP contribution in [0.2, 0.25) is 0 Å². The Morgan fingerprint density at radius 3 is 1.10 bits per heavy atom. The second-order valence-corrected chi connectivity index (χ2v) is 19.7. The van der Waals surface area contributed by atoms with E-state index in [1.807, 2.05) is 45.9 Å². The number of carbonyl (C=O) groups excluding carboxylic acids is 2. The van der Waals surface area contributed by atoms with Crippen molar-refractivity contribution in [3.8, 4) is 0 Å². The minimum Gasteiger partial charge on any atom is -0.481 e. The van der Waals surface area contributed by atoms with Crippen LogP contribution in [0.15, 0.2) is 69.9 Å². The molecule has 16 heteroatoms. The van der Waals surface area contributed by atoms with Gasteiger partial charge < -0.3 is 50.3 Å². The molecule has 0 rings (SSSR count). The molecule has 0 aliphatic carbocycles. The highest BCUT2D eigenvalue weighted by atomic mass is 16.6. The van der Waals surface area contributed by atoms with Gasteiger partial charge in [0, 0.05) is 18.2 Å². The molecule has 16 nitrogen and oxygen atoms in total. The van der Waals surface area contributed by atoms with E-state index in [0.29, 0.717) is 68.1 Å². The SMILES string of the molecule is CC(=C\C(=O)O)/C=C(\C)CC(C)CCCCC(OC(=O)C(CO)C(CCCCC(C)C/C(C)=C/C(C)=C/C(=O)O)OC(=O)/C=C(C)/C=C(\C)CC(C)CCCCC(O)C(CO)C(=O)O)C(CO)C(=O)O. The Bertz CT molecular complexity index is 1840. The fourth-order valence-electron chi connectivity index (χ4n) is 8.89. The molecule has 0 spiro atoms. The van der Waals surface area contributed by atoms with Crippen molar-refractivity contribution < 1.29 is 79.1 Å². The van der Waals surface area contributed by atoms with E-state index in [1.54, 1.807) is 20.8 Å². The summed E-state index contributed by atoms with van der Waals surface area (Å²) in [6.45, 7) is 14.9. The highest BCUT2D eigenvalue weighted by Crippen LogP contribution is 2.27. The standard InChI is InChI=1S/C54H86O16/c1-34(16-10-13-19-46(58)43(31-55)52(64)65)24-39(6)27-42(9)30-51(63)69-48(21-15-12-18-36(3)23-38(5)26-41(8)29-50(61)62)45(33-57)54(68)70-47(44(32-56)53(66)67)20-14-11-17-35(2)22-37(4)25-40(7)28-49(59)60/h25-30,34-36,43-48,55-58H,10-24,31-33H2,1-9H3,(H,59,60)(H,61,62)(H,64,65)(H,66,67)/b37-25+,38-26+,39-27+,40-28+,41-29+,42-30+. The summed E-state index contributed by atoms with van der Waals surface area (Å²) in [4.78, 5) is 72.9. The molecule has 0 aromatic rings. The third kappa shape index (κ3) is 30.0. The van der Waals surface area contributed by atoms with E-state index in [4.69, 9.17) is 24.8 Å². The van der Waals surface area contributed by atoms with Crippen LogP contribution in [-0.2, 0) is 38.2 Å². The lowest BCUT2D eigenvalue weighted by Crippen LogP contribution is -2.41. The van der Waals surface area contributed by atoms with Crippen molar-refractivity contribution in [2.45, 2.75) is 177 Å². The van der Waals surface area contributed by atoms with Gasteiger partial charge in [0.25, 0.3) is 0 Å². The summed E-state index contributed by atoms with van der Waals surface area (Å²) in [5.74, 6) is -9.74. The number of hydrogen-bond acceptors (Lipinski definition) is 12. The molecule has 0 bridgehead atoms. The van der Waals surface area contributed by atoms with Crippen LogP contribution in [0.4, 0.5) is 0 Å². The number of aliphatic carboxylic acids is 4. The van der Waals surface area contributed by atoms with E-state index >= 15 is 0 Å². The van der Waals surface area contributed by atoms with Crippen LogP contribution in [-0.4, -0.2) is 115 Å². The first-order valence-corrected chi connectivity index (χ1v) is 24.7. The number of carbonyl (C=O) groups is 6. The van der Waals surface area contributed by atoms with E-state index in [-0.39, 0.29) is 37.0 Å². The van der Waals surface area contributed by atoms with Crippen molar-refractivity contribution in [2.24, 2.45) is 35.5 Å². The number of hydrogen-bond donors (Lipinski definition) is 8. The Labute approximate surface area is 415 Å². The Balaban J connectivity index is 6.17. The zero-order valence-corrected chi connectivity index (χ0v) is 43.2. The van der Waals surface area contributed by atoms with Gasteiger partial charge in [-0.15, -0.1) is 0 Å². The molecule has 8 N–H and O–H groups in total. The molecule has 9 atom stereocenters. The minimum atomic E-state index is -1.45. The van der Waals surface area contributed by atoms with Crippen molar-refractivity contribution >= 4 is 35.8 Å². The van der Waals surface area contributed by atoms with Gasteiger partial charge in [0.15, 0.2) is 0 Å². The molecule has 0 amide bonds. The van der Waals surface area contributed by atoms with Crippen LogP contribution < -0.4 is 0 Å². The van der Waals surface area contributed by atoms with E-state index in [2.05, 4.69) is 13.8 Å². The van der Waals surface area contributed by atoms with Crippen molar-refractivity contribution in [3.05, 3.63) is 69.9 Å². The minimum absolute atomic E-state index is 0.110. The second-order valence-electron chi connectivity index (χ2n) is 19.7. The van der Waals surface area contributed by atoms with Gasteiger partial charge in [-0.05, 0) is 127 Å². The predicted molar refractivity (Wildman–Crippen MR) is 267 cm³/mol.